The second-order valence-corrected chi connectivity index (χ2v) is 7.88. The Balaban J connectivity index is 1.68. The molecule has 27 heavy (non-hydrogen) atoms. The third kappa shape index (κ3) is 7.48. The Morgan fingerprint density at radius 3 is 2.63 bits per heavy atom. The molecule has 1 aliphatic rings. The highest BCUT2D eigenvalue weighted by Crippen LogP contribution is 2.19. The van der Waals surface area contributed by atoms with Gasteiger partial charge in [-0.15, -0.1) is 11.8 Å². The highest BCUT2D eigenvalue weighted by atomic mass is 32.2. The van der Waals surface area contributed by atoms with Crippen LogP contribution in [-0.2, 0) is 14.3 Å². The highest BCUT2D eigenvalue weighted by molar-refractivity contribution is 8.01. The van der Waals surface area contributed by atoms with Gasteiger partial charge in [0, 0.05) is 25.4 Å². The molecular formula is C19H28FN3O3S. The number of nitrogens with two attached hydrogens (primary N) is 1. The summed E-state index contributed by atoms with van der Waals surface area (Å²) in [7, 11) is 0. The molecule has 1 atom stereocenters. The number of hydrogen-bond acceptors (Lipinski definition) is 5. The number of benzene rings is 1. The number of ether oxygens (including phenoxy) is 1. The van der Waals surface area contributed by atoms with Crippen LogP contribution in [0.1, 0.15) is 26.2 Å². The van der Waals surface area contributed by atoms with Crippen molar-refractivity contribution in [2.24, 2.45) is 5.73 Å². The van der Waals surface area contributed by atoms with E-state index in [1.54, 1.807) is 0 Å². The second kappa shape index (κ2) is 11.3. The fraction of sp³-hybridized carbons (Fsp3) is 0.579. The number of carbonyl (C=O) groups excluding carboxylic acids is 2. The summed E-state index contributed by atoms with van der Waals surface area (Å²) in [6.07, 6.45) is 2.72. The smallest absolute Gasteiger partial charge is 0.235 e. The monoisotopic (exact) mass is 397 g/mol. The van der Waals surface area contributed by atoms with Gasteiger partial charge in [0.25, 0.3) is 0 Å². The molecular weight excluding hydrogens is 369 g/mol. The van der Waals surface area contributed by atoms with Gasteiger partial charge in [0.15, 0.2) is 0 Å². The van der Waals surface area contributed by atoms with Crippen LogP contribution in [0.2, 0.25) is 0 Å². The molecule has 0 saturated carbocycles. The maximum Gasteiger partial charge on any atom is 0.235 e. The number of carbonyl (C=O) groups is 2. The number of likely N-dealkylation sites (tertiary alicyclic amines) is 1. The maximum atomic E-state index is 12.9. The summed E-state index contributed by atoms with van der Waals surface area (Å²) < 4.78 is 18.6. The molecule has 150 valence electrons. The first-order valence-corrected chi connectivity index (χ1v) is 10.3. The molecule has 1 fully saturated rings. The summed E-state index contributed by atoms with van der Waals surface area (Å²) in [5.41, 5.74) is 6.00. The van der Waals surface area contributed by atoms with Crippen molar-refractivity contribution in [2.75, 3.05) is 37.3 Å². The molecule has 0 aliphatic carbocycles. The number of amides is 2. The van der Waals surface area contributed by atoms with Gasteiger partial charge in [-0.2, -0.15) is 0 Å². The van der Waals surface area contributed by atoms with E-state index in [2.05, 4.69) is 5.32 Å². The minimum atomic E-state index is -0.352. The minimum absolute atomic E-state index is 0.0509. The number of piperidine rings is 1. The molecule has 0 aromatic heterocycles. The molecule has 1 saturated heterocycles. The van der Waals surface area contributed by atoms with Crippen LogP contribution >= 0.6 is 11.8 Å². The standard InChI is InChI=1S/C19H28FN3O3S/c1-14(27-13-18(24)22-16-5-3-15(20)4-6-16)19(25)23-10-7-17(8-11-23)26-12-2-9-21/h3-6,14,17H,2,7-13,21H2,1H3,(H,22,24). The summed E-state index contributed by atoms with van der Waals surface area (Å²) in [6.45, 7) is 4.48. The SMILES string of the molecule is CC(SCC(=O)Nc1ccc(F)cc1)C(=O)N1CCC(OCCCN)CC1. The number of nitrogens with zero attached hydrogens (tertiary/aromatic N) is 1. The third-order valence-electron chi connectivity index (χ3n) is 4.40. The molecule has 2 amide bonds. The van der Waals surface area contributed by atoms with Crippen LogP contribution in [0.25, 0.3) is 0 Å². The topological polar surface area (TPSA) is 84.7 Å². The Labute approximate surface area is 164 Å². The molecule has 1 unspecified atom stereocenters. The van der Waals surface area contributed by atoms with Gasteiger partial charge >= 0.3 is 0 Å². The van der Waals surface area contributed by atoms with Crippen LogP contribution < -0.4 is 11.1 Å². The molecule has 0 spiro atoms. The lowest BCUT2D eigenvalue weighted by atomic mass is 10.1. The number of nitrogens with one attached hydrogen (secondary N) is 1. The lowest BCUT2D eigenvalue weighted by Gasteiger charge is -2.33. The summed E-state index contributed by atoms with van der Waals surface area (Å²) in [5.74, 6) is -0.341. The van der Waals surface area contributed by atoms with Gasteiger partial charge < -0.3 is 20.7 Å². The average Bonchev–Trinajstić information content (AvgIpc) is 2.68. The van der Waals surface area contributed by atoms with Crippen LogP contribution in [0.5, 0.6) is 0 Å². The largest absolute Gasteiger partial charge is 0.378 e. The summed E-state index contributed by atoms with van der Waals surface area (Å²) in [5, 5.41) is 2.40. The highest BCUT2D eigenvalue weighted by Gasteiger charge is 2.26. The van der Waals surface area contributed by atoms with E-state index in [-0.39, 0.29) is 34.7 Å². The van der Waals surface area contributed by atoms with Crippen molar-refractivity contribution in [3.8, 4) is 0 Å². The zero-order valence-electron chi connectivity index (χ0n) is 15.7. The zero-order valence-corrected chi connectivity index (χ0v) is 16.5. The van der Waals surface area contributed by atoms with E-state index in [1.807, 2.05) is 11.8 Å². The van der Waals surface area contributed by atoms with Crippen LogP contribution in [0, 0.1) is 5.82 Å². The number of halogens is 1. The molecule has 6 nitrogen and oxygen atoms in total. The van der Waals surface area contributed by atoms with E-state index < -0.39 is 0 Å². The van der Waals surface area contributed by atoms with Crippen molar-refractivity contribution in [1.29, 1.82) is 0 Å². The summed E-state index contributed by atoms with van der Waals surface area (Å²) in [4.78, 5) is 26.4. The van der Waals surface area contributed by atoms with E-state index in [1.165, 1.54) is 36.0 Å². The molecule has 0 radical (unpaired) electrons. The number of hydrogen-bond donors (Lipinski definition) is 2. The van der Waals surface area contributed by atoms with Crippen molar-refractivity contribution >= 4 is 29.3 Å². The number of thioether (sulfide) groups is 1. The van der Waals surface area contributed by atoms with Gasteiger partial charge in [-0.1, -0.05) is 0 Å². The second-order valence-electron chi connectivity index (χ2n) is 6.55. The molecule has 2 rings (SSSR count). The van der Waals surface area contributed by atoms with Crippen LogP contribution in [0.4, 0.5) is 10.1 Å². The first-order valence-electron chi connectivity index (χ1n) is 9.27. The molecule has 8 heteroatoms. The van der Waals surface area contributed by atoms with Crippen molar-refractivity contribution in [2.45, 2.75) is 37.5 Å². The van der Waals surface area contributed by atoms with Gasteiger partial charge in [-0.25, -0.2) is 4.39 Å². The fourth-order valence-electron chi connectivity index (χ4n) is 2.84. The van der Waals surface area contributed by atoms with Gasteiger partial charge in [-0.3, -0.25) is 9.59 Å². The minimum Gasteiger partial charge on any atom is -0.378 e. The Bertz CT molecular complexity index is 607. The van der Waals surface area contributed by atoms with Gasteiger partial charge in [-0.05, 0) is 57.0 Å². The summed E-state index contributed by atoms with van der Waals surface area (Å²) in [6, 6.07) is 5.59. The van der Waals surface area contributed by atoms with E-state index in [9.17, 15) is 14.0 Å². The Morgan fingerprint density at radius 2 is 2.00 bits per heavy atom. The van der Waals surface area contributed by atoms with Crippen molar-refractivity contribution in [3.05, 3.63) is 30.1 Å². The van der Waals surface area contributed by atoms with Gasteiger partial charge in [0.2, 0.25) is 11.8 Å². The molecule has 3 N–H and O–H groups in total. The molecule has 0 bridgehead atoms. The first-order chi connectivity index (χ1) is 13.0. The van der Waals surface area contributed by atoms with Gasteiger partial charge in [0.1, 0.15) is 5.82 Å². The third-order valence-corrected chi connectivity index (χ3v) is 5.53. The lowest BCUT2D eigenvalue weighted by molar-refractivity contribution is -0.132. The Morgan fingerprint density at radius 1 is 1.33 bits per heavy atom. The first kappa shape index (κ1) is 21.7. The normalized spacial score (nSPS) is 16.2. The quantitative estimate of drug-likeness (QED) is 0.625. The fourth-order valence-corrected chi connectivity index (χ4v) is 3.60. The molecule has 1 aliphatic heterocycles. The van der Waals surface area contributed by atoms with Gasteiger partial charge in [0.05, 0.1) is 17.1 Å². The summed E-state index contributed by atoms with van der Waals surface area (Å²) >= 11 is 1.30. The van der Waals surface area contributed by atoms with Crippen molar-refractivity contribution in [1.82, 2.24) is 4.90 Å². The number of anilines is 1. The van der Waals surface area contributed by atoms with Crippen molar-refractivity contribution in [3.63, 3.8) is 0 Å². The van der Waals surface area contributed by atoms with E-state index in [0.717, 1.165) is 19.3 Å². The van der Waals surface area contributed by atoms with E-state index >= 15 is 0 Å². The Hall–Kier alpha value is -1.64. The Kier molecular flexibility index (Phi) is 9.03. The molecule has 1 aromatic rings. The van der Waals surface area contributed by atoms with E-state index in [4.69, 9.17) is 10.5 Å². The zero-order chi connectivity index (χ0) is 19.6. The van der Waals surface area contributed by atoms with Crippen LogP contribution in [0.3, 0.4) is 0 Å². The maximum absolute atomic E-state index is 12.9. The van der Waals surface area contributed by atoms with E-state index in [0.29, 0.717) is 31.9 Å². The lowest BCUT2D eigenvalue weighted by Crippen LogP contribution is -2.44. The van der Waals surface area contributed by atoms with Crippen molar-refractivity contribution < 1.29 is 18.7 Å². The molecule has 1 heterocycles. The van der Waals surface area contributed by atoms with Crippen LogP contribution in [-0.4, -0.2) is 60.1 Å². The van der Waals surface area contributed by atoms with Crippen LogP contribution in [0.15, 0.2) is 24.3 Å². The average molecular weight is 398 g/mol. The predicted molar refractivity (Wildman–Crippen MR) is 106 cm³/mol. The molecule has 1 aromatic carbocycles. The number of rotatable bonds is 9. The predicted octanol–water partition coefficient (Wildman–Crippen LogP) is 2.24.